The van der Waals surface area contributed by atoms with Gasteiger partial charge in [-0.25, -0.2) is 0 Å². The lowest BCUT2D eigenvalue weighted by atomic mass is 9.91. The Morgan fingerprint density at radius 2 is 1.93 bits per heavy atom. The van der Waals surface area contributed by atoms with E-state index in [4.69, 9.17) is 0 Å². The molecule has 2 aliphatic rings. The van der Waals surface area contributed by atoms with Crippen molar-refractivity contribution in [2.75, 3.05) is 6.54 Å². The Balaban J connectivity index is 1.67. The molecule has 2 aliphatic carbocycles. The molecule has 0 aromatic carbocycles. The van der Waals surface area contributed by atoms with E-state index in [1.807, 2.05) is 0 Å². The van der Waals surface area contributed by atoms with Crippen LogP contribution in [0.5, 0.6) is 0 Å². The van der Waals surface area contributed by atoms with Crippen LogP contribution in [0.2, 0.25) is 0 Å². The third kappa shape index (κ3) is 2.50. The number of hydrogen-bond acceptors (Lipinski definition) is 1. The molecule has 14 heavy (non-hydrogen) atoms. The quantitative estimate of drug-likeness (QED) is 0.729. The van der Waals surface area contributed by atoms with E-state index in [2.05, 4.69) is 26.1 Å². The molecule has 1 N–H and O–H groups in total. The molecule has 0 radical (unpaired) electrons. The van der Waals surface area contributed by atoms with Crippen LogP contribution >= 0.6 is 0 Å². The third-order valence-electron chi connectivity index (χ3n) is 4.02. The van der Waals surface area contributed by atoms with Gasteiger partial charge in [-0.2, -0.15) is 0 Å². The van der Waals surface area contributed by atoms with E-state index in [9.17, 15) is 0 Å². The predicted octanol–water partition coefficient (Wildman–Crippen LogP) is 3.20. The van der Waals surface area contributed by atoms with E-state index < -0.39 is 0 Å². The fourth-order valence-corrected chi connectivity index (χ4v) is 3.13. The molecular formula is C13H25N. The first-order chi connectivity index (χ1) is 6.54. The molecule has 0 saturated heterocycles. The Hall–Kier alpha value is -0.0400. The fourth-order valence-electron chi connectivity index (χ4n) is 3.13. The normalized spacial score (nSPS) is 36.6. The van der Waals surface area contributed by atoms with Crippen molar-refractivity contribution in [3.05, 3.63) is 0 Å². The zero-order valence-corrected chi connectivity index (χ0v) is 9.97. The molecule has 0 heterocycles. The SMILES string of the molecule is CC(C)(C)CCNC1CC2CCC1C2. The molecule has 1 heteroatoms. The molecule has 0 amide bonds. The summed E-state index contributed by atoms with van der Waals surface area (Å²) in [4.78, 5) is 0. The highest BCUT2D eigenvalue weighted by molar-refractivity contribution is 4.94. The summed E-state index contributed by atoms with van der Waals surface area (Å²) < 4.78 is 0. The molecule has 2 fully saturated rings. The predicted molar refractivity (Wildman–Crippen MR) is 61.3 cm³/mol. The van der Waals surface area contributed by atoms with Crippen LogP contribution in [-0.2, 0) is 0 Å². The lowest BCUT2D eigenvalue weighted by molar-refractivity contribution is 0.312. The van der Waals surface area contributed by atoms with Crippen LogP contribution in [0.3, 0.4) is 0 Å². The lowest BCUT2D eigenvalue weighted by Gasteiger charge is -2.25. The van der Waals surface area contributed by atoms with Gasteiger partial charge in [0.15, 0.2) is 0 Å². The minimum absolute atomic E-state index is 0.491. The second kappa shape index (κ2) is 3.84. The van der Waals surface area contributed by atoms with Crippen LogP contribution in [0.15, 0.2) is 0 Å². The van der Waals surface area contributed by atoms with E-state index in [0.29, 0.717) is 5.41 Å². The first kappa shape index (κ1) is 10.5. The maximum absolute atomic E-state index is 3.77. The van der Waals surface area contributed by atoms with Crippen LogP contribution < -0.4 is 5.32 Å². The van der Waals surface area contributed by atoms with E-state index >= 15 is 0 Å². The van der Waals surface area contributed by atoms with Gasteiger partial charge in [-0.3, -0.25) is 0 Å². The van der Waals surface area contributed by atoms with Crippen LogP contribution in [0, 0.1) is 17.3 Å². The van der Waals surface area contributed by atoms with E-state index in [1.54, 1.807) is 0 Å². The van der Waals surface area contributed by atoms with Gasteiger partial charge >= 0.3 is 0 Å². The highest BCUT2D eigenvalue weighted by atomic mass is 14.9. The van der Waals surface area contributed by atoms with Crippen molar-refractivity contribution in [2.24, 2.45) is 17.3 Å². The molecule has 3 unspecified atom stereocenters. The number of nitrogens with one attached hydrogen (secondary N) is 1. The summed E-state index contributed by atoms with van der Waals surface area (Å²) in [7, 11) is 0. The molecule has 0 aliphatic heterocycles. The van der Waals surface area contributed by atoms with Crippen molar-refractivity contribution in [3.8, 4) is 0 Å². The van der Waals surface area contributed by atoms with Crippen LogP contribution in [0.1, 0.15) is 52.9 Å². The maximum atomic E-state index is 3.77. The summed E-state index contributed by atoms with van der Waals surface area (Å²) in [6.45, 7) is 8.21. The van der Waals surface area contributed by atoms with Crippen LogP contribution in [0.25, 0.3) is 0 Å². The average molecular weight is 195 g/mol. The zero-order chi connectivity index (χ0) is 10.2. The zero-order valence-electron chi connectivity index (χ0n) is 9.97. The Kier molecular flexibility index (Phi) is 2.88. The largest absolute Gasteiger partial charge is 0.314 e. The fraction of sp³-hybridized carbons (Fsp3) is 1.00. The van der Waals surface area contributed by atoms with Crippen molar-refractivity contribution in [2.45, 2.75) is 58.9 Å². The monoisotopic (exact) mass is 195 g/mol. The summed E-state index contributed by atoms with van der Waals surface area (Å²) in [6.07, 6.45) is 7.31. The number of rotatable bonds is 3. The van der Waals surface area contributed by atoms with E-state index in [1.165, 1.54) is 38.6 Å². The van der Waals surface area contributed by atoms with Crippen molar-refractivity contribution in [3.63, 3.8) is 0 Å². The summed E-state index contributed by atoms with van der Waals surface area (Å²) in [5, 5.41) is 3.77. The summed E-state index contributed by atoms with van der Waals surface area (Å²) in [5.74, 6) is 2.10. The standard InChI is InChI=1S/C13H25N/c1-13(2,3)6-7-14-12-9-10-4-5-11(12)8-10/h10-12,14H,4-9H2,1-3H3. The first-order valence-electron chi connectivity index (χ1n) is 6.28. The second-order valence-electron chi connectivity index (χ2n) is 6.55. The van der Waals surface area contributed by atoms with Gasteiger partial charge in [0.2, 0.25) is 0 Å². The van der Waals surface area contributed by atoms with Crippen molar-refractivity contribution in [1.29, 1.82) is 0 Å². The van der Waals surface area contributed by atoms with Gasteiger partial charge in [-0.15, -0.1) is 0 Å². The Morgan fingerprint density at radius 1 is 1.14 bits per heavy atom. The molecule has 2 rings (SSSR count). The molecule has 2 bridgehead atoms. The molecular weight excluding hydrogens is 170 g/mol. The minimum atomic E-state index is 0.491. The highest BCUT2D eigenvalue weighted by Crippen LogP contribution is 2.44. The van der Waals surface area contributed by atoms with Gasteiger partial charge < -0.3 is 5.32 Å². The van der Waals surface area contributed by atoms with E-state index in [-0.39, 0.29) is 0 Å². The highest BCUT2D eigenvalue weighted by Gasteiger charge is 2.38. The smallest absolute Gasteiger partial charge is 0.00980 e. The molecule has 0 spiro atoms. The van der Waals surface area contributed by atoms with Crippen molar-refractivity contribution in [1.82, 2.24) is 5.32 Å². The van der Waals surface area contributed by atoms with Gasteiger partial charge in [0.05, 0.1) is 0 Å². The molecule has 3 atom stereocenters. The van der Waals surface area contributed by atoms with Gasteiger partial charge in [-0.1, -0.05) is 27.2 Å². The second-order valence-corrected chi connectivity index (χ2v) is 6.55. The average Bonchev–Trinajstić information content (AvgIpc) is 2.62. The molecule has 82 valence electrons. The Bertz CT molecular complexity index is 192. The van der Waals surface area contributed by atoms with Crippen LogP contribution in [-0.4, -0.2) is 12.6 Å². The lowest BCUT2D eigenvalue weighted by Crippen LogP contribution is -2.35. The molecule has 2 saturated carbocycles. The molecule has 1 nitrogen and oxygen atoms in total. The summed E-state index contributed by atoms with van der Waals surface area (Å²) in [5.41, 5.74) is 0.491. The summed E-state index contributed by atoms with van der Waals surface area (Å²) >= 11 is 0. The molecule has 0 aromatic heterocycles. The maximum Gasteiger partial charge on any atom is 0.00980 e. The van der Waals surface area contributed by atoms with Gasteiger partial charge in [0.1, 0.15) is 0 Å². The number of fused-ring (bicyclic) bond motifs is 2. The Labute approximate surface area is 88.7 Å². The van der Waals surface area contributed by atoms with Crippen molar-refractivity contribution >= 4 is 0 Å². The topological polar surface area (TPSA) is 12.0 Å². The van der Waals surface area contributed by atoms with Gasteiger partial charge in [0.25, 0.3) is 0 Å². The number of hydrogen-bond donors (Lipinski definition) is 1. The van der Waals surface area contributed by atoms with E-state index in [0.717, 1.165) is 17.9 Å². The molecule has 0 aromatic rings. The van der Waals surface area contributed by atoms with Gasteiger partial charge in [0, 0.05) is 6.04 Å². The first-order valence-corrected chi connectivity index (χ1v) is 6.28. The van der Waals surface area contributed by atoms with Crippen LogP contribution in [0.4, 0.5) is 0 Å². The third-order valence-corrected chi connectivity index (χ3v) is 4.02. The summed E-state index contributed by atoms with van der Waals surface area (Å²) in [6, 6.07) is 0.871. The minimum Gasteiger partial charge on any atom is -0.314 e. The van der Waals surface area contributed by atoms with Crippen molar-refractivity contribution < 1.29 is 0 Å². The van der Waals surface area contributed by atoms with Gasteiger partial charge in [-0.05, 0) is 49.5 Å². The Morgan fingerprint density at radius 3 is 2.43 bits per heavy atom.